The largest absolute Gasteiger partial charge is 0.425 e. The first kappa shape index (κ1) is 17.0. The molecular formula is C16H19F3N4OS. The minimum atomic E-state index is -4.31. The molecule has 0 amide bonds. The molecule has 0 aromatic carbocycles. The van der Waals surface area contributed by atoms with Crippen LogP contribution in [-0.4, -0.2) is 27.6 Å². The number of nitrogens with zero attached hydrogens (tertiary/aromatic N) is 3. The van der Waals surface area contributed by atoms with E-state index in [1.807, 2.05) is 13.1 Å². The van der Waals surface area contributed by atoms with Crippen LogP contribution >= 0.6 is 11.3 Å². The van der Waals surface area contributed by atoms with Gasteiger partial charge in [-0.1, -0.05) is 5.21 Å². The molecule has 0 bridgehead atoms. The van der Waals surface area contributed by atoms with Gasteiger partial charge in [0, 0.05) is 30.6 Å². The molecule has 4 heterocycles. The zero-order valence-corrected chi connectivity index (χ0v) is 14.7. The highest BCUT2D eigenvalue weighted by molar-refractivity contribution is 7.12. The summed E-state index contributed by atoms with van der Waals surface area (Å²) in [5.41, 5.74) is 0.876. The Morgan fingerprint density at radius 1 is 1.40 bits per heavy atom. The highest BCUT2D eigenvalue weighted by atomic mass is 32.1. The van der Waals surface area contributed by atoms with E-state index in [-0.39, 0.29) is 12.1 Å². The maximum atomic E-state index is 13.2. The van der Waals surface area contributed by atoms with Crippen LogP contribution in [0.2, 0.25) is 0 Å². The van der Waals surface area contributed by atoms with Gasteiger partial charge in [0.1, 0.15) is 10.5 Å². The van der Waals surface area contributed by atoms with Crippen LogP contribution in [0.1, 0.15) is 46.8 Å². The number of rotatable bonds is 1. The molecule has 9 heteroatoms. The number of thiophene rings is 1. The molecule has 2 aromatic heterocycles. The van der Waals surface area contributed by atoms with Gasteiger partial charge in [-0.25, -0.2) is 0 Å². The predicted octanol–water partition coefficient (Wildman–Crippen LogP) is 3.18. The van der Waals surface area contributed by atoms with Gasteiger partial charge in [0.25, 0.3) is 0 Å². The summed E-state index contributed by atoms with van der Waals surface area (Å²) in [7, 11) is 1.79. The second kappa shape index (κ2) is 5.78. The first-order valence-corrected chi connectivity index (χ1v) is 9.05. The molecule has 0 aliphatic carbocycles. The highest BCUT2D eigenvalue weighted by Gasteiger charge is 2.48. The SMILES string of the molecule is CC1CC2(CC(c3cn(C)nn3)N1)OCCc1cc(C(F)(F)F)sc12. The molecule has 0 saturated carbocycles. The fourth-order valence-corrected chi connectivity index (χ4v) is 5.19. The van der Waals surface area contributed by atoms with Gasteiger partial charge < -0.3 is 10.1 Å². The first-order valence-electron chi connectivity index (χ1n) is 8.23. The Bertz CT molecular complexity index is 787. The maximum Gasteiger partial charge on any atom is 0.425 e. The van der Waals surface area contributed by atoms with E-state index in [2.05, 4.69) is 15.6 Å². The zero-order chi connectivity index (χ0) is 17.8. The van der Waals surface area contributed by atoms with E-state index in [0.717, 1.165) is 27.5 Å². The summed E-state index contributed by atoms with van der Waals surface area (Å²) >= 11 is 0.833. The van der Waals surface area contributed by atoms with Crippen LogP contribution in [0.25, 0.3) is 0 Å². The second-order valence-corrected chi connectivity index (χ2v) is 7.95. The molecule has 1 fully saturated rings. The Labute approximate surface area is 147 Å². The van der Waals surface area contributed by atoms with Gasteiger partial charge >= 0.3 is 6.18 Å². The molecule has 136 valence electrons. The third-order valence-corrected chi connectivity index (χ3v) is 6.29. The van der Waals surface area contributed by atoms with Crippen molar-refractivity contribution in [1.82, 2.24) is 20.3 Å². The van der Waals surface area contributed by atoms with Crippen LogP contribution in [0.5, 0.6) is 0 Å². The van der Waals surface area contributed by atoms with E-state index in [9.17, 15) is 13.2 Å². The van der Waals surface area contributed by atoms with E-state index in [1.54, 1.807) is 11.7 Å². The molecule has 1 spiro atoms. The third-order valence-electron chi connectivity index (χ3n) is 4.88. The third kappa shape index (κ3) is 2.98. The van der Waals surface area contributed by atoms with Crippen molar-refractivity contribution >= 4 is 11.3 Å². The summed E-state index contributed by atoms with van der Waals surface area (Å²) in [6.45, 7) is 2.47. The number of piperidine rings is 1. The summed E-state index contributed by atoms with van der Waals surface area (Å²) in [5.74, 6) is 0. The van der Waals surface area contributed by atoms with E-state index < -0.39 is 16.7 Å². The van der Waals surface area contributed by atoms with Crippen LogP contribution in [0.3, 0.4) is 0 Å². The fraction of sp³-hybridized carbons (Fsp3) is 0.625. The summed E-state index contributed by atoms with van der Waals surface area (Å²) in [4.78, 5) is 0.193. The van der Waals surface area contributed by atoms with Gasteiger partial charge in [0.15, 0.2) is 0 Å². The van der Waals surface area contributed by atoms with Gasteiger partial charge in [0.2, 0.25) is 0 Å². The number of ether oxygens (including phenoxy) is 1. The number of fused-ring (bicyclic) bond motifs is 2. The normalized spacial score (nSPS) is 29.8. The number of halogens is 3. The molecule has 1 saturated heterocycles. The van der Waals surface area contributed by atoms with Gasteiger partial charge in [-0.3, -0.25) is 4.68 Å². The van der Waals surface area contributed by atoms with Crippen molar-refractivity contribution in [3.8, 4) is 0 Å². The monoisotopic (exact) mass is 372 g/mol. The van der Waals surface area contributed by atoms with Crippen molar-refractivity contribution in [2.75, 3.05) is 6.61 Å². The Balaban J connectivity index is 1.73. The van der Waals surface area contributed by atoms with Crippen LogP contribution in [0.15, 0.2) is 12.3 Å². The minimum Gasteiger partial charge on any atom is -0.369 e. The van der Waals surface area contributed by atoms with E-state index in [4.69, 9.17) is 4.74 Å². The summed E-state index contributed by atoms with van der Waals surface area (Å²) in [6, 6.07) is 1.30. The number of aromatic nitrogens is 3. The molecule has 1 N–H and O–H groups in total. The zero-order valence-electron chi connectivity index (χ0n) is 13.9. The molecule has 5 nitrogen and oxygen atoms in total. The average Bonchev–Trinajstić information content (AvgIpc) is 3.13. The van der Waals surface area contributed by atoms with E-state index in [1.165, 1.54) is 6.07 Å². The van der Waals surface area contributed by atoms with Gasteiger partial charge in [0.05, 0.1) is 18.3 Å². The number of alkyl halides is 3. The second-order valence-electron chi connectivity index (χ2n) is 6.90. The Morgan fingerprint density at radius 3 is 2.88 bits per heavy atom. The molecule has 3 atom stereocenters. The van der Waals surface area contributed by atoms with Crippen LogP contribution in [0, 0.1) is 0 Å². The van der Waals surface area contributed by atoms with Crippen molar-refractivity contribution in [2.45, 2.75) is 50.0 Å². The predicted molar refractivity (Wildman–Crippen MR) is 86.2 cm³/mol. The molecule has 0 radical (unpaired) electrons. The van der Waals surface area contributed by atoms with Crippen LogP contribution in [-0.2, 0) is 30.0 Å². The Hall–Kier alpha value is -1.45. The maximum absolute atomic E-state index is 13.2. The molecular weight excluding hydrogens is 353 g/mol. The fourth-order valence-electron chi connectivity index (χ4n) is 3.95. The standard InChI is InChI=1S/C16H19F3N4OS/c1-9-6-15(7-11(20-9)12-8-23(2)22-21-12)14-10(3-4-24-15)5-13(25-14)16(17,18)19/h5,8-9,11,20H,3-4,6-7H2,1-2H3. The van der Waals surface area contributed by atoms with Crippen molar-refractivity contribution in [3.05, 3.63) is 33.3 Å². The van der Waals surface area contributed by atoms with Gasteiger partial charge in [-0.15, -0.1) is 16.4 Å². The average molecular weight is 372 g/mol. The number of nitrogens with one attached hydrogen (secondary N) is 1. The topological polar surface area (TPSA) is 52.0 Å². The summed E-state index contributed by atoms with van der Waals surface area (Å²) in [6.07, 6.45) is -0.745. The lowest BCUT2D eigenvalue weighted by atomic mass is 9.79. The molecule has 3 unspecified atom stereocenters. The molecule has 2 aliphatic rings. The van der Waals surface area contributed by atoms with Crippen molar-refractivity contribution in [1.29, 1.82) is 0 Å². The van der Waals surface area contributed by atoms with E-state index >= 15 is 0 Å². The molecule has 25 heavy (non-hydrogen) atoms. The minimum absolute atomic E-state index is 0.0974. The molecule has 2 aliphatic heterocycles. The smallest absolute Gasteiger partial charge is 0.369 e. The lowest BCUT2D eigenvalue weighted by molar-refractivity contribution is -0.134. The summed E-state index contributed by atoms with van der Waals surface area (Å²) in [5, 5.41) is 11.6. The van der Waals surface area contributed by atoms with Crippen LogP contribution in [0.4, 0.5) is 13.2 Å². The lowest BCUT2D eigenvalue weighted by Gasteiger charge is -2.45. The lowest BCUT2D eigenvalue weighted by Crippen LogP contribution is -2.49. The van der Waals surface area contributed by atoms with Crippen LogP contribution < -0.4 is 5.32 Å². The highest BCUT2D eigenvalue weighted by Crippen LogP contribution is 2.51. The Kier molecular flexibility index (Phi) is 3.93. The molecule has 4 rings (SSSR count). The van der Waals surface area contributed by atoms with Crippen molar-refractivity contribution < 1.29 is 17.9 Å². The van der Waals surface area contributed by atoms with Gasteiger partial charge in [-0.2, -0.15) is 13.2 Å². The number of aryl methyl sites for hydroxylation is 1. The first-order chi connectivity index (χ1) is 11.8. The summed E-state index contributed by atoms with van der Waals surface area (Å²) < 4.78 is 47.3. The van der Waals surface area contributed by atoms with E-state index in [0.29, 0.717) is 25.9 Å². The Morgan fingerprint density at radius 2 is 2.20 bits per heavy atom. The van der Waals surface area contributed by atoms with Crippen molar-refractivity contribution in [3.63, 3.8) is 0 Å². The van der Waals surface area contributed by atoms with Crippen molar-refractivity contribution in [2.24, 2.45) is 7.05 Å². The quantitative estimate of drug-likeness (QED) is 0.835. The molecule has 2 aromatic rings. The number of hydrogen-bond acceptors (Lipinski definition) is 5. The number of hydrogen-bond donors (Lipinski definition) is 1. The van der Waals surface area contributed by atoms with Gasteiger partial charge in [-0.05, 0) is 31.4 Å².